The molecule has 98 valence electrons. The van der Waals surface area contributed by atoms with Gasteiger partial charge in [-0.1, -0.05) is 11.6 Å². The summed E-state index contributed by atoms with van der Waals surface area (Å²) in [6, 6.07) is 5.11. The Balaban J connectivity index is 2.42. The van der Waals surface area contributed by atoms with E-state index in [4.69, 9.17) is 26.3 Å². The topological polar surface area (TPSA) is 62.6 Å². The van der Waals surface area contributed by atoms with Crippen LogP contribution in [0.15, 0.2) is 17.7 Å². The molecule has 2 rings (SSSR count). The standard InChI is InChI=1S/C13H11ClN2O3/c1-16(2)13(17)9(6-15)3-8-4-11-12(5-10(8)14)19-7-18-11/h3-5H,7H2,1-2H3/b9-3-. The Morgan fingerprint density at radius 3 is 2.63 bits per heavy atom. The first kappa shape index (κ1) is 13.2. The quantitative estimate of drug-likeness (QED) is 0.614. The molecular weight excluding hydrogens is 268 g/mol. The summed E-state index contributed by atoms with van der Waals surface area (Å²) in [6.45, 7) is 0.139. The first-order chi connectivity index (χ1) is 9.02. The summed E-state index contributed by atoms with van der Waals surface area (Å²) in [5.41, 5.74) is 0.545. The van der Waals surface area contributed by atoms with Crippen molar-refractivity contribution >= 4 is 23.6 Å². The number of rotatable bonds is 2. The van der Waals surface area contributed by atoms with Crippen LogP contribution in [0.4, 0.5) is 0 Å². The molecule has 1 amide bonds. The van der Waals surface area contributed by atoms with Crippen LogP contribution in [0.1, 0.15) is 5.56 Å². The average molecular weight is 279 g/mol. The summed E-state index contributed by atoms with van der Waals surface area (Å²) < 4.78 is 10.4. The van der Waals surface area contributed by atoms with Crippen molar-refractivity contribution in [1.29, 1.82) is 5.26 Å². The number of likely N-dealkylation sites (N-methyl/N-ethyl adjacent to an activating group) is 1. The van der Waals surface area contributed by atoms with Crippen molar-refractivity contribution in [3.63, 3.8) is 0 Å². The van der Waals surface area contributed by atoms with Crippen LogP contribution in [0.3, 0.4) is 0 Å². The van der Waals surface area contributed by atoms with Gasteiger partial charge in [-0.3, -0.25) is 4.79 Å². The third-order valence-corrected chi connectivity index (χ3v) is 2.88. The smallest absolute Gasteiger partial charge is 0.264 e. The molecule has 0 saturated heterocycles. The molecule has 0 radical (unpaired) electrons. The fraction of sp³-hybridized carbons (Fsp3) is 0.231. The molecule has 5 nitrogen and oxygen atoms in total. The molecule has 0 aliphatic carbocycles. The minimum atomic E-state index is -0.378. The number of nitriles is 1. The van der Waals surface area contributed by atoms with Gasteiger partial charge in [0.05, 0.1) is 5.02 Å². The number of halogens is 1. The van der Waals surface area contributed by atoms with Gasteiger partial charge in [-0.15, -0.1) is 0 Å². The Labute approximate surface area is 115 Å². The summed E-state index contributed by atoms with van der Waals surface area (Å²) in [7, 11) is 3.16. The lowest BCUT2D eigenvalue weighted by atomic mass is 10.1. The van der Waals surface area contributed by atoms with E-state index < -0.39 is 0 Å². The number of nitrogens with zero attached hydrogens (tertiary/aromatic N) is 2. The summed E-state index contributed by atoms with van der Waals surface area (Å²) in [5, 5.41) is 9.42. The van der Waals surface area contributed by atoms with Crippen molar-refractivity contribution in [3.8, 4) is 17.6 Å². The van der Waals surface area contributed by atoms with E-state index in [1.54, 1.807) is 26.2 Å². The Bertz CT molecular complexity index is 603. The van der Waals surface area contributed by atoms with E-state index in [2.05, 4.69) is 0 Å². The predicted molar refractivity (Wildman–Crippen MR) is 69.9 cm³/mol. The van der Waals surface area contributed by atoms with Gasteiger partial charge in [0.25, 0.3) is 5.91 Å². The van der Waals surface area contributed by atoms with Crippen LogP contribution in [-0.4, -0.2) is 31.7 Å². The SMILES string of the molecule is CN(C)C(=O)/C(C#N)=C\c1cc2c(cc1Cl)OCO2. The lowest BCUT2D eigenvalue weighted by molar-refractivity contribution is -0.124. The summed E-state index contributed by atoms with van der Waals surface area (Å²) >= 11 is 6.08. The zero-order valence-corrected chi connectivity index (χ0v) is 11.2. The van der Waals surface area contributed by atoms with E-state index in [9.17, 15) is 4.79 Å². The highest BCUT2D eigenvalue weighted by Gasteiger charge is 2.17. The monoisotopic (exact) mass is 278 g/mol. The van der Waals surface area contributed by atoms with E-state index in [1.807, 2.05) is 6.07 Å². The van der Waals surface area contributed by atoms with Gasteiger partial charge in [-0.2, -0.15) is 5.26 Å². The molecule has 1 heterocycles. The molecule has 19 heavy (non-hydrogen) atoms. The normalized spacial score (nSPS) is 13.1. The molecule has 0 unspecified atom stereocenters. The molecular formula is C13H11ClN2O3. The molecule has 0 bridgehead atoms. The first-order valence-electron chi connectivity index (χ1n) is 5.45. The van der Waals surface area contributed by atoms with Crippen LogP contribution < -0.4 is 9.47 Å². The minimum Gasteiger partial charge on any atom is -0.454 e. The molecule has 0 fully saturated rings. The van der Waals surface area contributed by atoms with Crippen molar-refractivity contribution in [2.75, 3.05) is 20.9 Å². The molecule has 1 aromatic carbocycles. The number of benzene rings is 1. The second-order valence-corrected chi connectivity index (χ2v) is 4.50. The lowest BCUT2D eigenvalue weighted by Gasteiger charge is -2.09. The summed E-state index contributed by atoms with van der Waals surface area (Å²) in [4.78, 5) is 13.1. The first-order valence-corrected chi connectivity index (χ1v) is 5.83. The van der Waals surface area contributed by atoms with Crippen molar-refractivity contribution in [2.45, 2.75) is 0 Å². The second-order valence-electron chi connectivity index (χ2n) is 4.10. The molecule has 0 N–H and O–H groups in total. The van der Waals surface area contributed by atoms with E-state index in [0.29, 0.717) is 22.1 Å². The third kappa shape index (κ3) is 2.64. The number of hydrogen-bond donors (Lipinski definition) is 0. The zero-order valence-electron chi connectivity index (χ0n) is 10.4. The van der Waals surface area contributed by atoms with Crippen LogP contribution >= 0.6 is 11.6 Å². The van der Waals surface area contributed by atoms with Crippen LogP contribution in [0, 0.1) is 11.3 Å². The largest absolute Gasteiger partial charge is 0.454 e. The number of fused-ring (bicyclic) bond motifs is 1. The molecule has 6 heteroatoms. The van der Waals surface area contributed by atoms with E-state index in [1.165, 1.54) is 11.0 Å². The Hall–Kier alpha value is -2.19. The van der Waals surface area contributed by atoms with Gasteiger partial charge in [0.15, 0.2) is 11.5 Å². The maximum absolute atomic E-state index is 11.8. The summed E-state index contributed by atoms with van der Waals surface area (Å²) in [5.74, 6) is 0.723. The maximum atomic E-state index is 11.8. The number of carbonyl (C=O) groups is 1. The highest BCUT2D eigenvalue weighted by Crippen LogP contribution is 2.37. The Morgan fingerprint density at radius 2 is 2.05 bits per heavy atom. The maximum Gasteiger partial charge on any atom is 0.264 e. The molecule has 0 atom stereocenters. The highest BCUT2D eigenvalue weighted by molar-refractivity contribution is 6.32. The van der Waals surface area contributed by atoms with Gasteiger partial charge < -0.3 is 14.4 Å². The van der Waals surface area contributed by atoms with Gasteiger partial charge >= 0.3 is 0 Å². The zero-order chi connectivity index (χ0) is 14.0. The fourth-order valence-corrected chi connectivity index (χ4v) is 1.79. The average Bonchev–Trinajstić information content (AvgIpc) is 2.81. The fourth-order valence-electron chi connectivity index (χ4n) is 1.58. The van der Waals surface area contributed by atoms with Gasteiger partial charge in [-0.05, 0) is 17.7 Å². The van der Waals surface area contributed by atoms with Crippen molar-refractivity contribution in [1.82, 2.24) is 4.90 Å². The van der Waals surface area contributed by atoms with Crippen LogP contribution in [0.2, 0.25) is 5.02 Å². The molecule has 0 aromatic heterocycles. The Morgan fingerprint density at radius 1 is 1.42 bits per heavy atom. The molecule has 1 aromatic rings. The van der Waals surface area contributed by atoms with E-state index >= 15 is 0 Å². The van der Waals surface area contributed by atoms with Crippen LogP contribution in [0.5, 0.6) is 11.5 Å². The molecule has 0 spiro atoms. The molecule has 1 aliphatic heterocycles. The van der Waals surface area contributed by atoms with E-state index in [-0.39, 0.29) is 18.3 Å². The minimum absolute atomic E-state index is 0.00534. The third-order valence-electron chi connectivity index (χ3n) is 2.55. The van der Waals surface area contributed by atoms with Crippen molar-refractivity contribution in [3.05, 3.63) is 28.3 Å². The Kier molecular flexibility index (Phi) is 3.63. The van der Waals surface area contributed by atoms with Crippen LogP contribution in [-0.2, 0) is 4.79 Å². The highest BCUT2D eigenvalue weighted by atomic mass is 35.5. The molecule has 1 aliphatic rings. The summed E-state index contributed by atoms with van der Waals surface area (Å²) in [6.07, 6.45) is 1.44. The molecule has 0 saturated carbocycles. The second kappa shape index (κ2) is 5.21. The number of ether oxygens (including phenoxy) is 2. The van der Waals surface area contributed by atoms with Crippen molar-refractivity contribution in [2.24, 2.45) is 0 Å². The van der Waals surface area contributed by atoms with Gasteiger partial charge in [-0.25, -0.2) is 0 Å². The van der Waals surface area contributed by atoms with Gasteiger partial charge in [0, 0.05) is 20.2 Å². The van der Waals surface area contributed by atoms with Crippen molar-refractivity contribution < 1.29 is 14.3 Å². The number of amides is 1. The lowest BCUT2D eigenvalue weighted by Crippen LogP contribution is -2.22. The number of hydrogen-bond acceptors (Lipinski definition) is 4. The van der Waals surface area contributed by atoms with Crippen LogP contribution in [0.25, 0.3) is 6.08 Å². The number of carbonyl (C=O) groups excluding carboxylic acids is 1. The predicted octanol–water partition coefficient (Wildman–Crippen LogP) is 2.06. The van der Waals surface area contributed by atoms with E-state index in [0.717, 1.165) is 0 Å². The van der Waals surface area contributed by atoms with Gasteiger partial charge in [0.1, 0.15) is 11.6 Å². The van der Waals surface area contributed by atoms with Gasteiger partial charge in [0.2, 0.25) is 6.79 Å².